The van der Waals surface area contributed by atoms with Gasteiger partial charge in [0.1, 0.15) is 30.0 Å². The molecular weight excluding hydrogens is 669 g/mol. The fourth-order valence-corrected chi connectivity index (χ4v) is 8.22. The van der Waals surface area contributed by atoms with Gasteiger partial charge in [0.05, 0.1) is 36.9 Å². The predicted molar refractivity (Wildman–Crippen MR) is 191 cm³/mol. The van der Waals surface area contributed by atoms with Crippen molar-refractivity contribution in [2.45, 2.75) is 77.2 Å². The first kappa shape index (κ1) is 34.2. The van der Waals surface area contributed by atoms with E-state index in [0.717, 1.165) is 63.5 Å². The SMILES string of the molecule is CC(=O)OCc1c(C2=NN(C)C(=O)C(Nc3ccc(N4CCN(C5COC5)C[C@@H]4C)cn3)C2)ccnc1N1CCn2c3c(c(F)c2C1=O)CCCC3. The molecule has 2 amide bonds. The second-order valence-corrected chi connectivity index (χ2v) is 14.3. The first-order chi connectivity index (χ1) is 25.2. The maximum atomic E-state index is 15.7. The van der Waals surface area contributed by atoms with E-state index in [1.165, 1.54) is 16.8 Å². The molecule has 0 radical (unpaired) electrons. The summed E-state index contributed by atoms with van der Waals surface area (Å²) in [6, 6.07) is 5.80. The molecule has 7 heterocycles. The summed E-state index contributed by atoms with van der Waals surface area (Å²) in [5.41, 5.74) is 4.20. The van der Waals surface area contributed by atoms with Crippen LogP contribution in [0.15, 0.2) is 35.7 Å². The van der Waals surface area contributed by atoms with Crippen LogP contribution < -0.4 is 15.1 Å². The minimum absolute atomic E-state index is 0.0485. The molecule has 0 bridgehead atoms. The standard InChI is InChI=1S/C37H44FN9O5/c1-22-18-44(25-19-51-20-25)12-13-45(22)24-8-9-32(40-17-24)41-30-16-29(42-43(3)36(30)49)26-10-11-39-35(28(26)21-52-23(2)48)47-15-14-46-31-7-5-4-6-27(31)33(38)34(46)37(47)50/h8-11,17,22,25,30H,4-7,12-16,18-21H2,1-3H3,(H,40,41)/t22-,30?/m0/s1. The molecule has 4 aliphatic heterocycles. The molecule has 0 spiro atoms. The van der Waals surface area contributed by atoms with Gasteiger partial charge in [0, 0.05) is 87.7 Å². The molecular formula is C37H44FN9O5. The number of carbonyl (C=O) groups is 3. The van der Waals surface area contributed by atoms with Gasteiger partial charge in [-0.25, -0.2) is 19.4 Å². The molecule has 3 aromatic heterocycles. The average Bonchev–Trinajstić information content (AvgIpc) is 3.41. The number of anilines is 3. The molecule has 274 valence electrons. The highest BCUT2D eigenvalue weighted by Crippen LogP contribution is 2.35. The molecule has 2 saturated heterocycles. The van der Waals surface area contributed by atoms with Gasteiger partial charge in [0.15, 0.2) is 5.82 Å². The van der Waals surface area contributed by atoms with E-state index >= 15 is 4.39 Å². The quantitative estimate of drug-likeness (QED) is 0.347. The van der Waals surface area contributed by atoms with E-state index in [9.17, 15) is 14.4 Å². The molecule has 0 saturated carbocycles. The molecule has 52 heavy (non-hydrogen) atoms. The van der Waals surface area contributed by atoms with Crippen LogP contribution in [-0.2, 0) is 45.1 Å². The van der Waals surface area contributed by atoms with E-state index in [0.29, 0.717) is 53.3 Å². The van der Waals surface area contributed by atoms with Gasteiger partial charge in [-0.2, -0.15) is 5.10 Å². The van der Waals surface area contributed by atoms with Gasteiger partial charge >= 0.3 is 5.97 Å². The fraction of sp³-hybridized carbons (Fsp3) is 0.514. The number of hydrogen-bond donors (Lipinski definition) is 1. The van der Waals surface area contributed by atoms with E-state index in [1.54, 1.807) is 19.3 Å². The van der Waals surface area contributed by atoms with Crippen molar-refractivity contribution in [3.8, 4) is 0 Å². The van der Waals surface area contributed by atoms with E-state index in [1.807, 2.05) is 22.9 Å². The lowest BCUT2D eigenvalue weighted by Crippen LogP contribution is -2.59. The number of nitrogens with zero attached hydrogens (tertiary/aromatic N) is 8. The van der Waals surface area contributed by atoms with Crippen molar-refractivity contribution < 1.29 is 28.2 Å². The molecule has 15 heteroatoms. The van der Waals surface area contributed by atoms with Gasteiger partial charge in [0.25, 0.3) is 11.8 Å². The van der Waals surface area contributed by atoms with E-state index in [-0.39, 0.29) is 37.0 Å². The number of hydrazone groups is 1. The van der Waals surface area contributed by atoms with Crippen LogP contribution in [-0.4, -0.2) is 113 Å². The summed E-state index contributed by atoms with van der Waals surface area (Å²) in [6.45, 7) is 8.49. The number of ether oxygens (including phenoxy) is 2. The normalized spacial score (nSPS) is 22.5. The third-order valence-electron chi connectivity index (χ3n) is 11.0. The third kappa shape index (κ3) is 6.19. The summed E-state index contributed by atoms with van der Waals surface area (Å²) < 4.78 is 28.4. The average molecular weight is 714 g/mol. The number of rotatable bonds is 8. The van der Waals surface area contributed by atoms with Crippen molar-refractivity contribution in [2.75, 3.05) is 61.6 Å². The van der Waals surface area contributed by atoms with Crippen molar-refractivity contribution in [1.82, 2.24) is 24.4 Å². The lowest BCUT2D eigenvalue weighted by atomic mass is 9.97. The number of nitrogens with one attached hydrogen (secondary N) is 1. The Balaban J connectivity index is 1.03. The Morgan fingerprint density at radius 1 is 1.08 bits per heavy atom. The van der Waals surface area contributed by atoms with E-state index < -0.39 is 23.7 Å². The third-order valence-corrected chi connectivity index (χ3v) is 11.0. The highest BCUT2D eigenvalue weighted by molar-refractivity contribution is 6.10. The minimum Gasteiger partial charge on any atom is -0.461 e. The lowest BCUT2D eigenvalue weighted by molar-refractivity contribution is -0.142. The number of amides is 2. The molecule has 1 aliphatic carbocycles. The topological polar surface area (TPSA) is 138 Å². The van der Waals surface area contributed by atoms with Crippen molar-refractivity contribution in [3.63, 3.8) is 0 Å². The van der Waals surface area contributed by atoms with Crippen LogP contribution in [0, 0.1) is 5.82 Å². The highest BCUT2D eigenvalue weighted by atomic mass is 19.1. The number of hydrogen-bond acceptors (Lipinski definition) is 11. The number of esters is 1. The monoisotopic (exact) mass is 713 g/mol. The first-order valence-electron chi connectivity index (χ1n) is 18.2. The second-order valence-electron chi connectivity index (χ2n) is 14.3. The molecule has 2 fully saturated rings. The van der Waals surface area contributed by atoms with Crippen LogP contribution in [0.25, 0.3) is 0 Å². The zero-order valence-corrected chi connectivity index (χ0v) is 29.8. The largest absolute Gasteiger partial charge is 0.461 e. The fourth-order valence-electron chi connectivity index (χ4n) is 8.22. The molecule has 8 rings (SSSR count). The molecule has 1 unspecified atom stereocenters. The molecule has 2 atom stereocenters. The van der Waals surface area contributed by atoms with Crippen molar-refractivity contribution >= 4 is 40.8 Å². The van der Waals surface area contributed by atoms with Gasteiger partial charge in [-0.05, 0) is 50.8 Å². The van der Waals surface area contributed by atoms with E-state index in [2.05, 4.69) is 37.1 Å². The summed E-state index contributed by atoms with van der Waals surface area (Å²) in [4.78, 5) is 55.0. The number of fused-ring (bicyclic) bond motifs is 3. The van der Waals surface area contributed by atoms with Gasteiger partial charge < -0.3 is 24.3 Å². The van der Waals surface area contributed by atoms with Crippen LogP contribution in [0.1, 0.15) is 66.0 Å². The molecule has 3 aromatic rings. The zero-order chi connectivity index (χ0) is 36.1. The van der Waals surface area contributed by atoms with Crippen molar-refractivity contribution in [3.05, 3.63) is 64.5 Å². The Morgan fingerprint density at radius 2 is 1.90 bits per heavy atom. The van der Waals surface area contributed by atoms with Gasteiger partial charge in [-0.3, -0.25) is 24.2 Å². The number of aromatic nitrogens is 3. The smallest absolute Gasteiger partial charge is 0.302 e. The zero-order valence-electron chi connectivity index (χ0n) is 29.8. The molecule has 1 N–H and O–H groups in total. The number of halogens is 1. The molecule has 0 aromatic carbocycles. The van der Waals surface area contributed by atoms with Crippen LogP contribution in [0.3, 0.4) is 0 Å². The summed E-state index contributed by atoms with van der Waals surface area (Å²) in [5, 5.41) is 9.20. The summed E-state index contributed by atoms with van der Waals surface area (Å²) in [6.07, 6.45) is 6.83. The second kappa shape index (κ2) is 13.9. The Morgan fingerprint density at radius 3 is 2.63 bits per heavy atom. The summed E-state index contributed by atoms with van der Waals surface area (Å²) in [5.74, 6) is -0.851. The van der Waals surface area contributed by atoms with E-state index in [4.69, 9.17) is 9.47 Å². The first-order valence-corrected chi connectivity index (χ1v) is 18.2. The predicted octanol–water partition coefficient (Wildman–Crippen LogP) is 2.98. The van der Waals surface area contributed by atoms with Crippen LogP contribution in [0.5, 0.6) is 0 Å². The molecule has 5 aliphatic rings. The lowest BCUT2D eigenvalue weighted by Gasteiger charge is -2.46. The van der Waals surface area contributed by atoms with Crippen LogP contribution >= 0.6 is 0 Å². The summed E-state index contributed by atoms with van der Waals surface area (Å²) >= 11 is 0. The highest BCUT2D eigenvalue weighted by Gasteiger charge is 2.38. The number of piperazine rings is 1. The Hall–Kier alpha value is -4.89. The number of pyridine rings is 2. The minimum atomic E-state index is -0.693. The van der Waals surface area contributed by atoms with Crippen LogP contribution in [0.2, 0.25) is 0 Å². The summed E-state index contributed by atoms with van der Waals surface area (Å²) in [7, 11) is 1.59. The van der Waals surface area contributed by atoms with Crippen molar-refractivity contribution in [2.24, 2.45) is 5.10 Å². The Bertz CT molecular complexity index is 1930. The van der Waals surface area contributed by atoms with Crippen LogP contribution in [0.4, 0.5) is 21.7 Å². The van der Waals surface area contributed by atoms with Crippen molar-refractivity contribution in [1.29, 1.82) is 0 Å². The Kier molecular flexibility index (Phi) is 9.16. The maximum Gasteiger partial charge on any atom is 0.302 e. The number of carbonyl (C=O) groups excluding carboxylic acids is 3. The van der Waals surface area contributed by atoms with Gasteiger partial charge in [0.2, 0.25) is 0 Å². The molecule has 14 nitrogen and oxygen atoms in total. The van der Waals surface area contributed by atoms with Gasteiger partial charge in [-0.1, -0.05) is 0 Å². The number of likely N-dealkylation sites (N-methyl/N-ethyl adjacent to an activating group) is 1. The maximum absolute atomic E-state index is 15.7. The Labute approximate surface area is 301 Å². The van der Waals surface area contributed by atoms with Gasteiger partial charge in [-0.15, -0.1) is 0 Å².